The number of methoxy groups -OCH3 is 1. The Hall–Kier alpha value is -3.23. The van der Waals surface area contributed by atoms with Crippen LogP contribution in [0.1, 0.15) is 33.3 Å². The van der Waals surface area contributed by atoms with Gasteiger partial charge in [-0.25, -0.2) is 4.39 Å². The standard InChI is InChI=1S/C27H29FN2O4S/c1-33-16-5-14-29(27(32)20-8-10-21(28)11-9-20)18-26(31)30-15-12-25-23(13-17-35-25)24(30)19-34-22-6-3-2-4-7-22/h2-4,6-11,13,17,24H,5,12,14-16,18-19H2,1H3/t24-/m1/s1. The number of ether oxygens (including phenoxy) is 2. The van der Waals surface area contributed by atoms with Crippen molar-refractivity contribution in [1.29, 1.82) is 0 Å². The number of thiophene rings is 1. The molecule has 2 aromatic carbocycles. The van der Waals surface area contributed by atoms with Crippen LogP contribution in [0.3, 0.4) is 0 Å². The zero-order valence-electron chi connectivity index (χ0n) is 19.7. The van der Waals surface area contributed by atoms with Crippen LogP contribution in [0, 0.1) is 5.82 Å². The first-order valence-corrected chi connectivity index (χ1v) is 12.5. The van der Waals surface area contributed by atoms with E-state index in [0.29, 0.717) is 38.3 Å². The SMILES string of the molecule is COCCCN(CC(=O)N1CCc2sccc2[C@H]1COc1ccccc1)C(=O)c1ccc(F)cc1. The Morgan fingerprint density at radius 2 is 1.89 bits per heavy atom. The van der Waals surface area contributed by atoms with Crippen LogP contribution in [0.2, 0.25) is 0 Å². The zero-order chi connectivity index (χ0) is 24.6. The maximum absolute atomic E-state index is 13.6. The van der Waals surface area contributed by atoms with Gasteiger partial charge in [0.1, 0.15) is 24.7 Å². The lowest BCUT2D eigenvalue weighted by atomic mass is 10.0. The minimum atomic E-state index is -0.412. The molecule has 1 aliphatic rings. The van der Waals surface area contributed by atoms with Crippen molar-refractivity contribution in [1.82, 2.24) is 9.80 Å². The van der Waals surface area contributed by atoms with Crippen LogP contribution in [0.5, 0.6) is 5.75 Å². The first kappa shape index (κ1) is 24.9. The van der Waals surface area contributed by atoms with Gasteiger partial charge < -0.3 is 19.3 Å². The highest BCUT2D eigenvalue weighted by molar-refractivity contribution is 7.10. The molecule has 6 nitrogen and oxygen atoms in total. The average molecular weight is 497 g/mol. The van der Waals surface area contributed by atoms with Crippen LogP contribution in [0.4, 0.5) is 4.39 Å². The summed E-state index contributed by atoms with van der Waals surface area (Å²) >= 11 is 1.69. The highest BCUT2D eigenvalue weighted by atomic mass is 32.1. The summed E-state index contributed by atoms with van der Waals surface area (Å²) in [5.41, 5.74) is 1.45. The molecule has 0 unspecified atom stereocenters. The molecular formula is C27H29FN2O4S. The van der Waals surface area contributed by atoms with Gasteiger partial charge >= 0.3 is 0 Å². The van der Waals surface area contributed by atoms with Gasteiger partial charge in [0, 0.05) is 37.2 Å². The second kappa shape index (κ2) is 12.0. The minimum absolute atomic E-state index is 0.0682. The first-order chi connectivity index (χ1) is 17.1. The molecule has 0 saturated carbocycles. The Kier molecular flexibility index (Phi) is 8.50. The molecular weight excluding hydrogens is 467 g/mol. The third-order valence-electron chi connectivity index (χ3n) is 6.05. The van der Waals surface area contributed by atoms with Crippen molar-refractivity contribution in [2.45, 2.75) is 18.9 Å². The topological polar surface area (TPSA) is 59.1 Å². The quantitative estimate of drug-likeness (QED) is 0.386. The molecule has 0 spiro atoms. The van der Waals surface area contributed by atoms with Gasteiger partial charge in [0.2, 0.25) is 5.91 Å². The van der Waals surface area contributed by atoms with Gasteiger partial charge in [0.05, 0.1) is 6.04 Å². The van der Waals surface area contributed by atoms with Gasteiger partial charge in [-0.3, -0.25) is 9.59 Å². The third-order valence-corrected chi connectivity index (χ3v) is 7.04. The van der Waals surface area contributed by atoms with E-state index in [4.69, 9.17) is 9.47 Å². The lowest BCUT2D eigenvalue weighted by molar-refractivity contribution is -0.135. The normalized spacial score (nSPS) is 14.9. The van der Waals surface area contributed by atoms with Gasteiger partial charge in [-0.15, -0.1) is 11.3 Å². The number of para-hydroxylation sites is 1. The van der Waals surface area contributed by atoms with Gasteiger partial charge in [-0.1, -0.05) is 18.2 Å². The molecule has 4 rings (SSSR count). The molecule has 0 aliphatic carbocycles. The van der Waals surface area contributed by atoms with Crippen molar-refractivity contribution >= 4 is 23.2 Å². The molecule has 0 saturated heterocycles. The van der Waals surface area contributed by atoms with E-state index in [2.05, 4.69) is 6.07 Å². The number of nitrogens with zero attached hydrogens (tertiary/aromatic N) is 2. The summed E-state index contributed by atoms with van der Waals surface area (Å²) in [5.74, 6) is -0.115. The van der Waals surface area contributed by atoms with Crippen LogP contribution in [-0.2, 0) is 16.0 Å². The molecule has 1 atom stereocenters. The lowest BCUT2D eigenvalue weighted by Gasteiger charge is -2.37. The molecule has 2 amide bonds. The van der Waals surface area contributed by atoms with Gasteiger partial charge in [-0.2, -0.15) is 0 Å². The van der Waals surface area contributed by atoms with Crippen molar-refractivity contribution in [3.8, 4) is 5.75 Å². The van der Waals surface area contributed by atoms with Gasteiger partial charge in [0.25, 0.3) is 5.91 Å². The van der Waals surface area contributed by atoms with Crippen molar-refractivity contribution < 1.29 is 23.5 Å². The summed E-state index contributed by atoms with van der Waals surface area (Å²) in [5, 5.41) is 2.04. The predicted octanol–water partition coefficient (Wildman–Crippen LogP) is 4.57. The van der Waals surface area contributed by atoms with Crippen molar-refractivity contribution in [2.75, 3.05) is 40.0 Å². The summed E-state index contributed by atoms with van der Waals surface area (Å²) in [7, 11) is 1.60. The molecule has 3 aromatic rings. The second-order valence-corrected chi connectivity index (χ2v) is 9.36. The molecule has 8 heteroatoms. The van der Waals surface area contributed by atoms with Gasteiger partial charge in [-0.05, 0) is 66.2 Å². The number of halogens is 1. The fraction of sp³-hybridized carbons (Fsp3) is 0.333. The number of hydrogen-bond acceptors (Lipinski definition) is 5. The lowest BCUT2D eigenvalue weighted by Crippen LogP contribution is -2.48. The number of carbonyl (C=O) groups is 2. The summed E-state index contributed by atoms with van der Waals surface area (Å²) in [6.07, 6.45) is 1.36. The van der Waals surface area contributed by atoms with Crippen LogP contribution in [-0.4, -0.2) is 61.6 Å². The molecule has 1 aliphatic heterocycles. The smallest absolute Gasteiger partial charge is 0.254 e. The van der Waals surface area contributed by atoms with Crippen molar-refractivity contribution in [3.05, 3.63) is 87.9 Å². The highest BCUT2D eigenvalue weighted by Crippen LogP contribution is 2.34. The van der Waals surface area contributed by atoms with Crippen LogP contribution >= 0.6 is 11.3 Å². The monoisotopic (exact) mass is 496 g/mol. The van der Waals surface area contributed by atoms with Gasteiger partial charge in [0.15, 0.2) is 0 Å². The number of carbonyl (C=O) groups excluding carboxylic acids is 2. The predicted molar refractivity (Wildman–Crippen MR) is 133 cm³/mol. The third kappa shape index (κ3) is 6.26. The Bertz CT molecular complexity index is 1120. The maximum Gasteiger partial charge on any atom is 0.254 e. The van der Waals surface area contributed by atoms with E-state index in [1.165, 1.54) is 34.0 Å². The molecule has 2 heterocycles. The van der Waals surface area contributed by atoms with Crippen LogP contribution < -0.4 is 4.74 Å². The van der Waals surface area contributed by atoms with E-state index >= 15 is 0 Å². The number of rotatable bonds is 10. The average Bonchev–Trinajstić information content (AvgIpc) is 3.36. The van der Waals surface area contributed by atoms with E-state index in [9.17, 15) is 14.0 Å². The zero-order valence-corrected chi connectivity index (χ0v) is 20.5. The highest BCUT2D eigenvalue weighted by Gasteiger charge is 2.33. The minimum Gasteiger partial charge on any atom is -0.491 e. The van der Waals surface area contributed by atoms with E-state index in [0.717, 1.165) is 17.7 Å². The molecule has 0 bridgehead atoms. The summed E-state index contributed by atoms with van der Waals surface area (Å²) in [6, 6.07) is 16.7. The molecule has 35 heavy (non-hydrogen) atoms. The van der Waals surface area contributed by atoms with E-state index < -0.39 is 5.82 Å². The Morgan fingerprint density at radius 3 is 2.63 bits per heavy atom. The fourth-order valence-electron chi connectivity index (χ4n) is 4.25. The van der Waals surface area contributed by atoms with E-state index in [1.807, 2.05) is 40.6 Å². The van der Waals surface area contributed by atoms with Crippen LogP contribution in [0.25, 0.3) is 0 Å². The van der Waals surface area contributed by atoms with E-state index in [1.54, 1.807) is 18.4 Å². The molecule has 0 N–H and O–H groups in total. The summed E-state index contributed by atoms with van der Waals surface area (Å²) in [6.45, 7) is 1.65. The molecule has 0 fully saturated rings. The number of amides is 2. The molecule has 184 valence electrons. The summed E-state index contributed by atoms with van der Waals surface area (Å²) in [4.78, 5) is 31.4. The number of hydrogen-bond donors (Lipinski definition) is 0. The number of benzene rings is 2. The number of fused-ring (bicyclic) bond motifs is 1. The van der Waals surface area contributed by atoms with Crippen LogP contribution in [0.15, 0.2) is 66.0 Å². The van der Waals surface area contributed by atoms with Crippen molar-refractivity contribution in [2.24, 2.45) is 0 Å². The van der Waals surface area contributed by atoms with Crippen molar-refractivity contribution in [3.63, 3.8) is 0 Å². The largest absolute Gasteiger partial charge is 0.491 e. The molecule has 1 aromatic heterocycles. The Labute approximate surface area is 208 Å². The van der Waals surface area contributed by atoms with E-state index in [-0.39, 0.29) is 24.4 Å². The first-order valence-electron chi connectivity index (χ1n) is 11.6. The second-order valence-electron chi connectivity index (χ2n) is 8.36. The Morgan fingerprint density at radius 1 is 1.11 bits per heavy atom. The molecule has 0 radical (unpaired) electrons. The summed E-state index contributed by atoms with van der Waals surface area (Å²) < 4.78 is 24.6. The fourth-order valence-corrected chi connectivity index (χ4v) is 5.18. The Balaban J connectivity index is 1.51. The maximum atomic E-state index is 13.6.